The first kappa shape index (κ1) is 20.1. The quantitative estimate of drug-likeness (QED) is 0.535. The average molecular weight is 452 g/mol. The predicted molar refractivity (Wildman–Crippen MR) is 120 cm³/mol. The first-order chi connectivity index (χ1) is 14.1. The number of likely N-dealkylation sites (tertiary alicyclic amines) is 1. The Balaban J connectivity index is 1.28. The number of hydrogen-bond acceptors (Lipinski definition) is 3. The lowest BCUT2D eigenvalue weighted by Crippen LogP contribution is -2.42. The molecule has 1 heterocycles. The normalized spacial score (nSPS) is 16.5. The van der Waals surface area contributed by atoms with E-state index >= 15 is 0 Å². The van der Waals surface area contributed by atoms with Crippen molar-refractivity contribution in [3.8, 4) is 5.75 Å². The van der Waals surface area contributed by atoms with Gasteiger partial charge in [-0.15, -0.1) is 0 Å². The van der Waals surface area contributed by atoms with Crippen molar-refractivity contribution in [2.24, 2.45) is 0 Å². The van der Waals surface area contributed by atoms with Crippen LogP contribution in [0.25, 0.3) is 0 Å². The molecule has 1 aliphatic heterocycles. The van der Waals surface area contributed by atoms with Gasteiger partial charge in [0.05, 0.1) is 5.60 Å². The summed E-state index contributed by atoms with van der Waals surface area (Å²) in [5.41, 5.74) is 2.74. The van der Waals surface area contributed by atoms with Gasteiger partial charge in [0.1, 0.15) is 12.4 Å². The summed E-state index contributed by atoms with van der Waals surface area (Å²) in [6.07, 6.45) is 1.51. The summed E-state index contributed by atoms with van der Waals surface area (Å²) >= 11 is 3.46. The molecule has 3 aromatic carbocycles. The van der Waals surface area contributed by atoms with Gasteiger partial charge in [0, 0.05) is 24.1 Å². The minimum atomic E-state index is -0.716. The molecule has 4 heteroatoms. The first-order valence-electron chi connectivity index (χ1n) is 10.1. The SMILES string of the molecule is OC1(c2ccc(Br)cc2)CCN(Cc2ccc(OCc3ccccc3)cc2)CC1. The maximum atomic E-state index is 11.0. The molecule has 0 spiro atoms. The van der Waals surface area contributed by atoms with Crippen molar-refractivity contribution in [2.45, 2.75) is 31.6 Å². The minimum Gasteiger partial charge on any atom is -0.489 e. The second kappa shape index (κ2) is 9.12. The summed E-state index contributed by atoms with van der Waals surface area (Å²) in [7, 11) is 0. The highest BCUT2D eigenvalue weighted by atomic mass is 79.9. The van der Waals surface area contributed by atoms with E-state index in [0.29, 0.717) is 6.61 Å². The Hall–Kier alpha value is -2.14. The summed E-state index contributed by atoms with van der Waals surface area (Å²) in [6.45, 7) is 3.26. The number of ether oxygens (including phenoxy) is 1. The lowest BCUT2D eigenvalue weighted by molar-refractivity contribution is -0.0277. The average Bonchev–Trinajstić information content (AvgIpc) is 2.76. The molecule has 29 heavy (non-hydrogen) atoms. The zero-order valence-electron chi connectivity index (χ0n) is 16.4. The second-order valence-electron chi connectivity index (χ2n) is 7.73. The van der Waals surface area contributed by atoms with E-state index in [1.54, 1.807) is 0 Å². The van der Waals surface area contributed by atoms with Crippen molar-refractivity contribution >= 4 is 15.9 Å². The summed E-state index contributed by atoms with van der Waals surface area (Å²) in [6, 6.07) is 26.6. The van der Waals surface area contributed by atoms with Crippen molar-refractivity contribution < 1.29 is 9.84 Å². The second-order valence-corrected chi connectivity index (χ2v) is 8.65. The summed E-state index contributed by atoms with van der Waals surface area (Å²) in [5.74, 6) is 0.890. The van der Waals surface area contributed by atoms with E-state index in [-0.39, 0.29) is 0 Å². The Kier molecular flexibility index (Phi) is 6.34. The van der Waals surface area contributed by atoms with E-state index in [9.17, 15) is 5.11 Å². The van der Waals surface area contributed by atoms with E-state index < -0.39 is 5.60 Å². The molecular formula is C25H26BrNO2. The van der Waals surface area contributed by atoms with Crippen molar-refractivity contribution in [1.29, 1.82) is 0 Å². The Bertz CT molecular complexity index is 902. The molecule has 1 saturated heterocycles. The highest BCUT2D eigenvalue weighted by molar-refractivity contribution is 9.10. The van der Waals surface area contributed by atoms with Crippen LogP contribution in [0.2, 0.25) is 0 Å². The monoisotopic (exact) mass is 451 g/mol. The predicted octanol–water partition coefficient (Wildman–Crippen LogP) is 5.51. The van der Waals surface area contributed by atoms with Crippen molar-refractivity contribution in [2.75, 3.05) is 13.1 Å². The minimum absolute atomic E-state index is 0.584. The smallest absolute Gasteiger partial charge is 0.119 e. The van der Waals surface area contributed by atoms with Gasteiger partial charge in [-0.3, -0.25) is 4.90 Å². The standard InChI is InChI=1S/C25H26BrNO2/c26-23-10-8-22(9-11-23)25(28)14-16-27(17-15-25)18-20-6-12-24(13-7-20)29-19-21-4-2-1-3-5-21/h1-13,28H,14-19H2. The van der Waals surface area contributed by atoms with Gasteiger partial charge >= 0.3 is 0 Å². The molecule has 1 aliphatic rings. The molecule has 0 aliphatic carbocycles. The van der Waals surface area contributed by atoms with Gasteiger partial charge in [0.25, 0.3) is 0 Å². The van der Waals surface area contributed by atoms with E-state index in [4.69, 9.17) is 4.74 Å². The zero-order chi connectivity index (χ0) is 20.1. The fraction of sp³-hybridized carbons (Fsp3) is 0.280. The molecule has 1 N–H and O–H groups in total. The van der Waals surface area contributed by atoms with Crippen LogP contribution in [0, 0.1) is 0 Å². The van der Waals surface area contributed by atoms with Gasteiger partial charge < -0.3 is 9.84 Å². The fourth-order valence-electron chi connectivity index (χ4n) is 3.82. The van der Waals surface area contributed by atoms with Crippen LogP contribution < -0.4 is 4.74 Å². The van der Waals surface area contributed by atoms with Gasteiger partial charge in [0.15, 0.2) is 0 Å². The summed E-state index contributed by atoms with van der Waals surface area (Å²) in [5, 5.41) is 11.0. The van der Waals surface area contributed by atoms with Crippen LogP contribution in [0.15, 0.2) is 83.3 Å². The number of rotatable bonds is 6. The topological polar surface area (TPSA) is 32.7 Å². The molecule has 0 saturated carbocycles. The number of benzene rings is 3. The van der Waals surface area contributed by atoms with Crippen LogP contribution in [0.4, 0.5) is 0 Å². The molecule has 0 atom stereocenters. The Labute approximate surface area is 181 Å². The van der Waals surface area contributed by atoms with Crippen LogP contribution in [0.1, 0.15) is 29.5 Å². The van der Waals surface area contributed by atoms with Crippen LogP contribution >= 0.6 is 15.9 Å². The fourth-order valence-corrected chi connectivity index (χ4v) is 4.08. The van der Waals surface area contributed by atoms with Gasteiger partial charge in [0.2, 0.25) is 0 Å². The van der Waals surface area contributed by atoms with Crippen molar-refractivity contribution in [1.82, 2.24) is 4.90 Å². The van der Waals surface area contributed by atoms with Crippen molar-refractivity contribution in [3.63, 3.8) is 0 Å². The molecule has 1 fully saturated rings. The molecule has 0 bridgehead atoms. The van der Waals surface area contributed by atoms with Gasteiger partial charge in [-0.05, 0) is 53.8 Å². The number of halogens is 1. The highest BCUT2D eigenvalue weighted by Crippen LogP contribution is 2.34. The number of piperidine rings is 1. The van der Waals surface area contributed by atoms with Crippen LogP contribution in [-0.4, -0.2) is 23.1 Å². The van der Waals surface area contributed by atoms with Crippen molar-refractivity contribution in [3.05, 3.63) is 100 Å². The van der Waals surface area contributed by atoms with E-state index in [1.807, 2.05) is 54.6 Å². The molecule has 3 aromatic rings. The third kappa shape index (κ3) is 5.27. The van der Waals surface area contributed by atoms with Gasteiger partial charge in [-0.25, -0.2) is 0 Å². The molecule has 0 amide bonds. The van der Waals surface area contributed by atoms with E-state index in [1.165, 1.54) is 11.1 Å². The van der Waals surface area contributed by atoms with Gasteiger partial charge in [-0.1, -0.05) is 70.5 Å². The van der Waals surface area contributed by atoms with Gasteiger partial charge in [-0.2, -0.15) is 0 Å². The molecule has 150 valence electrons. The number of aliphatic hydroxyl groups is 1. The van der Waals surface area contributed by atoms with E-state index in [2.05, 4.69) is 45.1 Å². The first-order valence-corrected chi connectivity index (χ1v) is 10.9. The van der Waals surface area contributed by atoms with Crippen LogP contribution in [0.3, 0.4) is 0 Å². The Morgan fingerprint density at radius 3 is 2.14 bits per heavy atom. The third-order valence-corrected chi connectivity index (χ3v) is 6.17. The molecular weight excluding hydrogens is 426 g/mol. The summed E-state index contributed by atoms with van der Waals surface area (Å²) < 4.78 is 6.91. The molecule has 3 nitrogen and oxygen atoms in total. The Morgan fingerprint density at radius 1 is 0.828 bits per heavy atom. The largest absolute Gasteiger partial charge is 0.489 e. The number of hydrogen-bond donors (Lipinski definition) is 1. The lowest BCUT2D eigenvalue weighted by Gasteiger charge is -2.38. The lowest BCUT2D eigenvalue weighted by atomic mass is 9.84. The highest BCUT2D eigenvalue weighted by Gasteiger charge is 2.33. The maximum absolute atomic E-state index is 11.0. The number of nitrogens with zero attached hydrogens (tertiary/aromatic N) is 1. The molecule has 4 rings (SSSR count). The Morgan fingerprint density at radius 2 is 1.48 bits per heavy atom. The third-order valence-electron chi connectivity index (χ3n) is 5.64. The van der Waals surface area contributed by atoms with E-state index in [0.717, 1.165) is 48.3 Å². The maximum Gasteiger partial charge on any atom is 0.119 e. The van der Waals surface area contributed by atoms with Crippen LogP contribution in [0.5, 0.6) is 5.75 Å². The molecule has 0 unspecified atom stereocenters. The molecule has 0 radical (unpaired) electrons. The zero-order valence-corrected chi connectivity index (χ0v) is 18.0. The summed E-state index contributed by atoms with van der Waals surface area (Å²) in [4.78, 5) is 2.41. The van der Waals surface area contributed by atoms with Crippen LogP contribution in [-0.2, 0) is 18.8 Å². The molecule has 0 aromatic heterocycles.